The normalized spacial score (nSPS) is 11.9. The Hall–Kier alpha value is -4.40. The van der Waals surface area contributed by atoms with E-state index in [1.54, 1.807) is 11.3 Å². The summed E-state index contributed by atoms with van der Waals surface area (Å²) in [6.07, 6.45) is 0. The van der Waals surface area contributed by atoms with Gasteiger partial charge in [-0.1, -0.05) is 97.1 Å². The minimum atomic E-state index is 0.936. The van der Waals surface area contributed by atoms with E-state index in [9.17, 15) is 0 Å². The lowest BCUT2D eigenvalue weighted by Gasteiger charge is -2.17. The predicted octanol–water partition coefficient (Wildman–Crippen LogP) is 10.4. The van der Waals surface area contributed by atoms with Gasteiger partial charge in [0.2, 0.25) is 0 Å². The molecule has 0 bridgehead atoms. The van der Waals surface area contributed by atoms with Crippen molar-refractivity contribution in [1.29, 1.82) is 0 Å². The van der Waals surface area contributed by atoms with Crippen molar-refractivity contribution >= 4 is 64.9 Å². The lowest BCUT2D eigenvalue weighted by molar-refractivity contribution is 0.673. The van der Waals surface area contributed by atoms with Gasteiger partial charge in [0.25, 0.3) is 0 Å². The number of thiophene rings is 1. The summed E-state index contributed by atoms with van der Waals surface area (Å²) in [5, 5.41) is 10.9. The molecular weight excluding hydrogens is 456 g/mol. The molecule has 8 rings (SSSR count). The first kappa shape index (κ1) is 19.9. The third-order valence-electron chi connectivity index (χ3n) is 7.35. The Morgan fingerprint density at radius 2 is 1.06 bits per heavy atom. The third-order valence-corrected chi connectivity index (χ3v) is 8.29. The number of benzene rings is 6. The number of hydrogen-bond acceptors (Lipinski definition) is 2. The first-order chi connectivity index (χ1) is 17.9. The molecule has 0 atom stereocenters. The quantitative estimate of drug-likeness (QED) is 0.226. The highest BCUT2D eigenvalue weighted by atomic mass is 32.1. The van der Waals surface area contributed by atoms with Crippen LogP contribution >= 0.6 is 11.3 Å². The minimum absolute atomic E-state index is 0.936. The van der Waals surface area contributed by atoms with E-state index >= 15 is 0 Å². The summed E-state index contributed by atoms with van der Waals surface area (Å²) in [6.45, 7) is 0. The topological polar surface area (TPSA) is 13.1 Å². The molecule has 0 radical (unpaired) electrons. The molecule has 6 aromatic carbocycles. The molecule has 0 fully saturated rings. The molecule has 0 saturated heterocycles. The minimum Gasteiger partial charge on any atom is -0.455 e. The standard InChI is InChI=1S/C34H20OS/c1-2-10-21(11-3-1)31-23-13-4-6-15-25(23)32(26-16-7-5-14-24(26)31)28-20-36-30-19-18-27-22-12-8-9-17-29(22)35-34(27)33(28)30/h1-20H. The second-order valence-corrected chi connectivity index (χ2v) is 10.2. The van der Waals surface area contributed by atoms with Crippen LogP contribution in [0.15, 0.2) is 125 Å². The Labute approximate surface area is 211 Å². The highest BCUT2D eigenvalue weighted by Crippen LogP contribution is 2.48. The van der Waals surface area contributed by atoms with Gasteiger partial charge in [-0.25, -0.2) is 0 Å². The van der Waals surface area contributed by atoms with Gasteiger partial charge in [-0.05, 0) is 61.8 Å². The molecule has 168 valence electrons. The maximum absolute atomic E-state index is 6.51. The van der Waals surface area contributed by atoms with Gasteiger partial charge in [-0.3, -0.25) is 0 Å². The third kappa shape index (κ3) is 2.71. The van der Waals surface area contributed by atoms with E-state index in [0.29, 0.717) is 0 Å². The Morgan fingerprint density at radius 1 is 0.472 bits per heavy atom. The maximum atomic E-state index is 6.51. The van der Waals surface area contributed by atoms with Gasteiger partial charge >= 0.3 is 0 Å². The summed E-state index contributed by atoms with van der Waals surface area (Å²) in [7, 11) is 0. The van der Waals surface area contributed by atoms with Crippen molar-refractivity contribution in [3.8, 4) is 22.3 Å². The molecule has 36 heavy (non-hydrogen) atoms. The van der Waals surface area contributed by atoms with E-state index in [-0.39, 0.29) is 0 Å². The van der Waals surface area contributed by atoms with Crippen LogP contribution in [0.1, 0.15) is 0 Å². The largest absolute Gasteiger partial charge is 0.455 e. The van der Waals surface area contributed by atoms with E-state index in [4.69, 9.17) is 4.42 Å². The van der Waals surface area contributed by atoms with Gasteiger partial charge in [0, 0.05) is 26.4 Å². The van der Waals surface area contributed by atoms with Gasteiger partial charge in [-0.2, -0.15) is 0 Å². The molecular formula is C34H20OS. The van der Waals surface area contributed by atoms with Crippen LogP contribution in [-0.2, 0) is 0 Å². The van der Waals surface area contributed by atoms with Crippen LogP contribution in [0.3, 0.4) is 0 Å². The fourth-order valence-electron chi connectivity index (χ4n) is 5.82. The van der Waals surface area contributed by atoms with Crippen LogP contribution in [0, 0.1) is 0 Å². The fourth-order valence-corrected chi connectivity index (χ4v) is 6.77. The van der Waals surface area contributed by atoms with Crippen molar-refractivity contribution < 1.29 is 4.42 Å². The second-order valence-electron chi connectivity index (χ2n) is 9.27. The van der Waals surface area contributed by atoms with Crippen LogP contribution in [0.5, 0.6) is 0 Å². The number of hydrogen-bond donors (Lipinski definition) is 0. The molecule has 0 spiro atoms. The summed E-state index contributed by atoms with van der Waals surface area (Å²) in [4.78, 5) is 0. The van der Waals surface area contributed by atoms with Crippen LogP contribution in [0.2, 0.25) is 0 Å². The van der Waals surface area contributed by atoms with E-state index < -0.39 is 0 Å². The lowest BCUT2D eigenvalue weighted by atomic mass is 9.86. The summed E-state index contributed by atoms with van der Waals surface area (Å²) < 4.78 is 7.76. The first-order valence-corrected chi connectivity index (χ1v) is 13.1. The van der Waals surface area contributed by atoms with Crippen molar-refractivity contribution in [2.45, 2.75) is 0 Å². The van der Waals surface area contributed by atoms with Gasteiger partial charge in [0.05, 0.1) is 0 Å². The molecule has 8 aromatic rings. The highest BCUT2D eigenvalue weighted by Gasteiger charge is 2.21. The van der Waals surface area contributed by atoms with E-state index in [1.165, 1.54) is 64.7 Å². The summed E-state index contributed by atoms with van der Waals surface area (Å²) in [6, 6.07) is 41.2. The zero-order chi connectivity index (χ0) is 23.6. The predicted molar refractivity (Wildman–Crippen MR) is 155 cm³/mol. The van der Waals surface area contributed by atoms with Crippen molar-refractivity contribution in [3.63, 3.8) is 0 Å². The molecule has 2 heterocycles. The Bertz CT molecular complexity index is 2040. The monoisotopic (exact) mass is 476 g/mol. The first-order valence-electron chi connectivity index (χ1n) is 12.2. The molecule has 0 amide bonds. The Kier molecular flexibility index (Phi) is 4.16. The van der Waals surface area contributed by atoms with Crippen molar-refractivity contribution in [3.05, 3.63) is 121 Å². The van der Waals surface area contributed by atoms with Crippen LogP contribution in [0.25, 0.3) is 75.8 Å². The molecule has 0 N–H and O–H groups in total. The number of furan rings is 1. The SMILES string of the molecule is c1ccc(-c2c3ccccc3c(-c3csc4ccc5c6ccccc6oc5c34)c3ccccc23)cc1. The molecule has 2 aromatic heterocycles. The molecule has 0 unspecified atom stereocenters. The average molecular weight is 477 g/mol. The Morgan fingerprint density at radius 3 is 1.75 bits per heavy atom. The van der Waals surface area contributed by atoms with Crippen molar-refractivity contribution in [2.75, 3.05) is 0 Å². The molecule has 0 aliphatic heterocycles. The molecule has 1 nitrogen and oxygen atoms in total. The summed E-state index contributed by atoms with van der Waals surface area (Å²) >= 11 is 1.79. The highest BCUT2D eigenvalue weighted by molar-refractivity contribution is 7.18. The van der Waals surface area contributed by atoms with Crippen molar-refractivity contribution in [2.24, 2.45) is 0 Å². The van der Waals surface area contributed by atoms with Gasteiger partial charge < -0.3 is 4.42 Å². The van der Waals surface area contributed by atoms with Gasteiger partial charge in [0.15, 0.2) is 0 Å². The zero-order valence-corrected chi connectivity index (χ0v) is 20.2. The average Bonchev–Trinajstić information content (AvgIpc) is 3.53. The molecule has 2 heteroatoms. The summed E-state index contributed by atoms with van der Waals surface area (Å²) in [5.41, 5.74) is 6.97. The fraction of sp³-hybridized carbons (Fsp3) is 0. The number of para-hydroxylation sites is 1. The van der Waals surface area contributed by atoms with E-state index in [1.807, 2.05) is 6.07 Å². The summed E-state index contributed by atoms with van der Waals surface area (Å²) in [5.74, 6) is 0. The van der Waals surface area contributed by atoms with Crippen LogP contribution < -0.4 is 0 Å². The number of fused-ring (bicyclic) bond motifs is 7. The van der Waals surface area contributed by atoms with Crippen LogP contribution in [-0.4, -0.2) is 0 Å². The zero-order valence-electron chi connectivity index (χ0n) is 19.4. The van der Waals surface area contributed by atoms with Crippen LogP contribution in [0.4, 0.5) is 0 Å². The number of rotatable bonds is 2. The molecule has 0 aliphatic carbocycles. The second kappa shape index (κ2) is 7.55. The molecule has 0 aliphatic rings. The van der Waals surface area contributed by atoms with Gasteiger partial charge in [0.1, 0.15) is 11.2 Å². The Balaban J connectivity index is 1.57. The van der Waals surface area contributed by atoms with Crippen molar-refractivity contribution in [1.82, 2.24) is 0 Å². The van der Waals surface area contributed by atoms with Gasteiger partial charge in [-0.15, -0.1) is 11.3 Å². The van der Waals surface area contributed by atoms with E-state index in [2.05, 4.69) is 115 Å². The molecule has 0 saturated carbocycles. The maximum Gasteiger partial charge on any atom is 0.144 e. The smallest absolute Gasteiger partial charge is 0.144 e. The van der Waals surface area contributed by atoms with E-state index in [0.717, 1.165) is 11.2 Å². The lowest BCUT2D eigenvalue weighted by Crippen LogP contribution is -1.90.